The zero-order chi connectivity index (χ0) is 11.3. The zero-order valence-electron chi connectivity index (χ0n) is 10.4. The fraction of sp³-hybridized carbons (Fsp3) is 0.467. The lowest BCUT2D eigenvalue weighted by atomic mass is 9.95. The highest BCUT2D eigenvalue weighted by Crippen LogP contribution is 2.21. The third-order valence-electron chi connectivity index (χ3n) is 2.80. The first-order valence-electron chi connectivity index (χ1n) is 5.79. The summed E-state index contributed by atoms with van der Waals surface area (Å²) >= 11 is 0. The van der Waals surface area contributed by atoms with Crippen LogP contribution in [0.25, 0.3) is 0 Å². The maximum Gasteiger partial charge on any atom is -0.0187 e. The van der Waals surface area contributed by atoms with Gasteiger partial charge >= 0.3 is 0 Å². The number of aryl methyl sites for hydroxylation is 1. The van der Waals surface area contributed by atoms with Gasteiger partial charge in [0.15, 0.2) is 0 Å². The van der Waals surface area contributed by atoms with Crippen LogP contribution in [-0.4, -0.2) is 0 Å². The largest absolute Gasteiger partial charge is 0.0859 e. The molecule has 15 heavy (non-hydrogen) atoms. The quantitative estimate of drug-likeness (QED) is 0.612. The third-order valence-corrected chi connectivity index (χ3v) is 2.80. The van der Waals surface area contributed by atoms with Crippen LogP contribution in [0.4, 0.5) is 0 Å². The lowest BCUT2D eigenvalue weighted by molar-refractivity contribution is 0.689. The van der Waals surface area contributed by atoms with Crippen molar-refractivity contribution in [1.29, 1.82) is 0 Å². The molecule has 0 saturated carbocycles. The Hall–Kier alpha value is -1.04. The van der Waals surface area contributed by atoms with Crippen molar-refractivity contribution >= 4 is 0 Å². The minimum atomic E-state index is 0.668. The molecular weight excluding hydrogens is 180 g/mol. The van der Waals surface area contributed by atoms with Crippen LogP contribution in [0, 0.1) is 6.92 Å². The fourth-order valence-corrected chi connectivity index (χ4v) is 1.68. The summed E-state index contributed by atoms with van der Waals surface area (Å²) in [4.78, 5) is 0. The summed E-state index contributed by atoms with van der Waals surface area (Å²) in [5, 5.41) is 0. The highest BCUT2D eigenvalue weighted by atomic mass is 14.1. The summed E-state index contributed by atoms with van der Waals surface area (Å²) in [5.74, 6) is 0.668. The Morgan fingerprint density at radius 2 is 1.80 bits per heavy atom. The molecule has 1 rings (SSSR count). The maximum absolute atomic E-state index is 2.32. The summed E-state index contributed by atoms with van der Waals surface area (Å²) in [6.07, 6.45) is 4.76. The van der Waals surface area contributed by atoms with E-state index in [1.54, 1.807) is 0 Å². The SMILES string of the molecule is CC(C)=CCC[C@H](C)c1ccc(C)cc1. The smallest absolute Gasteiger partial charge is 0.0187 e. The number of hydrogen-bond acceptors (Lipinski definition) is 0. The first-order chi connectivity index (χ1) is 7.09. The van der Waals surface area contributed by atoms with Crippen LogP contribution in [0.1, 0.15) is 50.7 Å². The van der Waals surface area contributed by atoms with Crippen LogP contribution in [0.15, 0.2) is 35.9 Å². The topological polar surface area (TPSA) is 0 Å². The van der Waals surface area contributed by atoms with E-state index in [-0.39, 0.29) is 0 Å². The molecule has 0 amide bonds. The Bertz CT molecular complexity index is 312. The van der Waals surface area contributed by atoms with Crippen LogP contribution >= 0.6 is 0 Å². The second kappa shape index (κ2) is 5.75. The average Bonchev–Trinajstić information content (AvgIpc) is 2.18. The van der Waals surface area contributed by atoms with E-state index >= 15 is 0 Å². The van der Waals surface area contributed by atoms with Crippen LogP contribution in [0.2, 0.25) is 0 Å². The Morgan fingerprint density at radius 1 is 1.20 bits per heavy atom. The Kier molecular flexibility index (Phi) is 4.61. The van der Waals surface area contributed by atoms with E-state index in [0.717, 1.165) is 0 Å². The Labute approximate surface area is 94.0 Å². The lowest BCUT2D eigenvalue weighted by Gasteiger charge is -2.10. The minimum Gasteiger partial charge on any atom is -0.0859 e. The van der Waals surface area contributed by atoms with Gasteiger partial charge in [-0.05, 0) is 45.1 Å². The van der Waals surface area contributed by atoms with Gasteiger partial charge < -0.3 is 0 Å². The van der Waals surface area contributed by atoms with Gasteiger partial charge in [0.1, 0.15) is 0 Å². The first-order valence-corrected chi connectivity index (χ1v) is 5.79. The predicted octanol–water partition coefficient (Wildman–Crippen LogP) is 4.84. The summed E-state index contributed by atoms with van der Waals surface area (Å²) in [7, 11) is 0. The minimum absolute atomic E-state index is 0.668. The van der Waals surface area contributed by atoms with Crippen molar-refractivity contribution in [2.24, 2.45) is 0 Å². The summed E-state index contributed by atoms with van der Waals surface area (Å²) in [6.45, 7) is 8.77. The van der Waals surface area contributed by atoms with Crippen LogP contribution in [-0.2, 0) is 0 Å². The van der Waals surface area contributed by atoms with Gasteiger partial charge in [-0.1, -0.05) is 48.4 Å². The molecule has 0 unspecified atom stereocenters. The molecule has 0 fully saturated rings. The molecule has 82 valence electrons. The van der Waals surface area contributed by atoms with Crippen LogP contribution in [0.5, 0.6) is 0 Å². The van der Waals surface area contributed by atoms with E-state index < -0.39 is 0 Å². The fourth-order valence-electron chi connectivity index (χ4n) is 1.68. The molecule has 1 atom stereocenters. The predicted molar refractivity (Wildman–Crippen MR) is 68.3 cm³/mol. The van der Waals surface area contributed by atoms with E-state index in [4.69, 9.17) is 0 Å². The van der Waals surface area contributed by atoms with Crippen molar-refractivity contribution in [2.45, 2.75) is 46.5 Å². The van der Waals surface area contributed by atoms with Crippen molar-refractivity contribution in [1.82, 2.24) is 0 Å². The van der Waals surface area contributed by atoms with Crippen LogP contribution in [0.3, 0.4) is 0 Å². The molecule has 0 heterocycles. The molecule has 0 heteroatoms. The molecule has 0 aliphatic rings. The number of rotatable bonds is 4. The standard InChI is InChI=1S/C15H22/c1-12(2)6-5-7-14(4)15-10-8-13(3)9-11-15/h6,8-11,14H,5,7H2,1-4H3/t14-/m0/s1. The molecule has 0 bridgehead atoms. The molecule has 0 aromatic heterocycles. The molecule has 0 aliphatic carbocycles. The number of benzene rings is 1. The monoisotopic (exact) mass is 202 g/mol. The van der Waals surface area contributed by atoms with Gasteiger partial charge in [-0.15, -0.1) is 0 Å². The molecular formula is C15H22. The van der Waals surface area contributed by atoms with Gasteiger partial charge in [0, 0.05) is 0 Å². The number of hydrogen-bond donors (Lipinski definition) is 0. The maximum atomic E-state index is 2.32. The van der Waals surface area contributed by atoms with Crippen molar-refractivity contribution in [3.63, 3.8) is 0 Å². The molecule has 1 aromatic rings. The van der Waals surface area contributed by atoms with E-state index in [2.05, 4.69) is 58.0 Å². The molecule has 0 N–H and O–H groups in total. The zero-order valence-corrected chi connectivity index (χ0v) is 10.4. The Balaban J connectivity index is 2.50. The second-order valence-electron chi connectivity index (χ2n) is 4.67. The van der Waals surface area contributed by atoms with Crippen molar-refractivity contribution in [3.8, 4) is 0 Å². The third kappa shape index (κ3) is 4.33. The molecule has 0 saturated heterocycles. The highest BCUT2D eigenvalue weighted by molar-refractivity contribution is 5.24. The van der Waals surface area contributed by atoms with Crippen LogP contribution < -0.4 is 0 Å². The summed E-state index contributed by atoms with van der Waals surface area (Å²) < 4.78 is 0. The average molecular weight is 202 g/mol. The molecule has 1 aromatic carbocycles. The molecule has 0 radical (unpaired) electrons. The van der Waals surface area contributed by atoms with Crippen molar-refractivity contribution in [2.75, 3.05) is 0 Å². The van der Waals surface area contributed by atoms with E-state index in [1.165, 1.54) is 29.5 Å². The lowest BCUT2D eigenvalue weighted by Crippen LogP contribution is -1.92. The molecule has 0 spiro atoms. The summed E-state index contributed by atoms with van der Waals surface area (Å²) in [6, 6.07) is 8.91. The van der Waals surface area contributed by atoms with Gasteiger partial charge in [-0.2, -0.15) is 0 Å². The second-order valence-corrected chi connectivity index (χ2v) is 4.67. The summed E-state index contributed by atoms with van der Waals surface area (Å²) in [5.41, 5.74) is 4.23. The van der Waals surface area contributed by atoms with Gasteiger partial charge in [0.25, 0.3) is 0 Å². The van der Waals surface area contributed by atoms with E-state index in [1.807, 2.05) is 0 Å². The van der Waals surface area contributed by atoms with Crippen molar-refractivity contribution in [3.05, 3.63) is 47.0 Å². The normalized spacial score (nSPS) is 12.3. The Morgan fingerprint density at radius 3 is 2.33 bits per heavy atom. The first kappa shape index (κ1) is 12.0. The van der Waals surface area contributed by atoms with Gasteiger partial charge in [0.2, 0.25) is 0 Å². The van der Waals surface area contributed by atoms with E-state index in [9.17, 15) is 0 Å². The molecule has 0 aliphatic heterocycles. The molecule has 0 nitrogen and oxygen atoms in total. The van der Waals surface area contributed by atoms with E-state index in [0.29, 0.717) is 5.92 Å². The highest BCUT2D eigenvalue weighted by Gasteiger charge is 2.03. The van der Waals surface area contributed by atoms with Gasteiger partial charge in [0.05, 0.1) is 0 Å². The van der Waals surface area contributed by atoms with Crippen molar-refractivity contribution < 1.29 is 0 Å². The van der Waals surface area contributed by atoms with Gasteiger partial charge in [-0.25, -0.2) is 0 Å². The number of allylic oxidation sites excluding steroid dienone is 2. The van der Waals surface area contributed by atoms with Gasteiger partial charge in [-0.3, -0.25) is 0 Å².